The zero-order valence-electron chi connectivity index (χ0n) is 16.1. The highest BCUT2D eigenvalue weighted by Crippen LogP contribution is 2.29. The summed E-state index contributed by atoms with van der Waals surface area (Å²) in [6.07, 6.45) is -0.395. The number of aliphatic hydroxyl groups is 1. The first-order valence-electron chi connectivity index (χ1n) is 9.56. The number of hydrogen-bond acceptors (Lipinski definition) is 7. The lowest BCUT2D eigenvalue weighted by Crippen LogP contribution is -2.28. The molecule has 2 aromatic heterocycles. The predicted molar refractivity (Wildman–Crippen MR) is 105 cm³/mol. The second-order valence-electron chi connectivity index (χ2n) is 7.29. The average Bonchev–Trinajstić information content (AvgIpc) is 3.13. The van der Waals surface area contributed by atoms with Crippen LogP contribution in [0.1, 0.15) is 31.2 Å². The quantitative estimate of drug-likeness (QED) is 0.492. The first-order valence-corrected chi connectivity index (χ1v) is 9.56. The fourth-order valence-corrected chi connectivity index (χ4v) is 3.50. The molecule has 1 fully saturated rings. The van der Waals surface area contributed by atoms with Crippen LogP contribution in [0.3, 0.4) is 0 Å². The van der Waals surface area contributed by atoms with Gasteiger partial charge in [0.2, 0.25) is 5.95 Å². The van der Waals surface area contributed by atoms with E-state index in [1.165, 1.54) is 24.5 Å². The number of aromatic nitrogens is 4. The van der Waals surface area contributed by atoms with Crippen LogP contribution in [0, 0.1) is 6.92 Å². The topological polar surface area (TPSA) is 108 Å². The number of ether oxygens (including phenoxy) is 1. The zero-order chi connectivity index (χ0) is 21.3. The molecule has 30 heavy (non-hydrogen) atoms. The zero-order valence-corrected chi connectivity index (χ0v) is 16.1. The van der Waals surface area contributed by atoms with Gasteiger partial charge in [0.25, 0.3) is 0 Å². The summed E-state index contributed by atoms with van der Waals surface area (Å²) >= 11 is 0. The van der Waals surface area contributed by atoms with Gasteiger partial charge in [0.15, 0.2) is 11.5 Å². The number of halogens is 3. The first kappa shape index (κ1) is 20.2. The molecule has 2 heterocycles. The number of anilines is 3. The van der Waals surface area contributed by atoms with E-state index in [0.29, 0.717) is 28.2 Å². The maximum absolute atomic E-state index is 12.4. The van der Waals surface area contributed by atoms with E-state index in [1.807, 2.05) is 0 Å². The Morgan fingerprint density at radius 1 is 1.17 bits per heavy atom. The molecular formula is C19H21F3N6O2. The molecule has 0 radical (unpaired) electrons. The fourth-order valence-electron chi connectivity index (χ4n) is 3.50. The van der Waals surface area contributed by atoms with Crippen LogP contribution >= 0.6 is 0 Å². The van der Waals surface area contributed by atoms with Crippen LogP contribution in [0.2, 0.25) is 0 Å². The molecule has 0 unspecified atom stereocenters. The van der Waals surface area contributed by atoms with Crippen molar-refractivity contribution in [2.45, 2.75) is 51.1 Å². The van der Waals surface area contributed by atoms with E-state index in [9.17, 15) is 18.3 Å². The number of aromatic amines is 1. The predicted octanol–water partition coefficient (Wildman–Crippen LogP) is 4.02. The van der Waals surface area contributed by atoms with Gasteiger partial charge in [0.05, 0.1) is 12.4 Å². The molecule has 0 saturated heterocycles. The fraction of sp³-hybridized carbons (Fsp3) is 0.421. The van der Waals surface area contributed by atoms with Gasteiger partial charge in [-0.05, 0) is 56.4 Å². The van der Waals surface area contributed by atoms with Gasteiger partial charge in [-0.3, -0.25) is 0 Å². The second-order valence-corrected chi connectivity index (χ2v) is 7.29. The van der Waals surface area contributed by atoms with Crippen LogP contribution in [0.15, 0.2) is 24.5 Å². The number of benzene rings is 1. The van der Waals surface area contributed by atoms with Crippen LogP contribution in [0.25, 0.3) is 11.2 Å². The lowest BCUT2D eigenvalue weighted by atomic mass is 9.93. The number of hydrogen-bond donors (Lipinski definition) is 4. The smallest absolute Gasteiger partial charge is 0.406 e. The summed E-state index contributed by atoms with van der Waals surface area (Å²) in [5.41, 5.74) is 2.22. The molecule has 4 rings (SSSR count). The normalized spacial score (nSPS) is 19.6. The van der Waals surface area contributed by atoms with Crippen molar-refractivity contribution < 1.29 is 23.0 Å². The second kappa shape index (κ2) is 7.98. The molecule has 1 aromatic carbocycles. The Bertz CT molecular complexity index is 1030. The van der Waals surface area contributed by atoms with E-state index in [2.05, 4.69) is 35.3 Å². The summed E-state index contributed by atoms with van der Waals surface area (Å²) in [4.78, 5) is 16.1. The van der Waals surface area contributed by atoms with Crippen molar-refractivity contribution in [3.05, 3.63) is 30.1 Å². The highest BCUT2D eigenvalue weighted by Gasteiger charge is 2.31. The van der Waals surface area contributed by atoms with E-state index in [0.717, 1.165) is 25.7 Å². The lowest BCUT2D eigenvalue weighted by molar-refractivity contribution is -0.274. The van der Waals surface area contributed by atoms with Crippen molar-refractivity contribution in [1.29, 1.82) is 0 Å². The molecule has 0 bridgehead atoms. The van der Waals surface area contributed by atoms with Crippen molar-refractivity contribution in [3.8, 4) is 5.75 Å². The van der Waals surface area contributed by atoms with Crippen molar-refractivity contribution in [2.24, 2.45) is 0 Å². The number of nitrogens with one attached hydrogen (secondary N) is 3. The molecule has 160 valence electrons. The van der Waals surface area contributed by atoms with Crippen molar-refractivity contribution in [3.63, 3.8) is 0 Å². The molecule has 1 aliphatic carbocycles. The van der Waals surface area contributed by atoms with Crippen LogP contribution in [0.4, 0.5) is 30.6 Å². The Morgan fingerprint density at radius 2 is 1.93 bits per heavy atom. The third kappa shape index (κ3) is 4.73. The van der Waals surface area contributed by atoms with E-state index in [1.54, 1.807) is 6.92 Å². The van der Waals surface area contributed by atoms with Crippen molar-refractivity contribution in [2.75, 3.05) is 10.6 Å². The van der Waals surface area contributed by atoms with E-state index < -0.39 is 6.36 Å². The van der Waals surface area contributed by atoms with Crippen LogP contribution in [-0.4, -0.2) is 43.6 Å². The summed E-state index contributed by atoms with van der Waals surface area (Å²) in [7, 11) is 0. The van der Waals surface area contributed by atoms with Gasteiger partial charge in [-0.25, -0.2) is 4.98 Å². The van der Waals surface area contributed by atoms with Gasteiger partial charge in [0.1, 0.15) is 11.3 Å². The van der Waals surface area contributed by atoms with Crippen LogP contribution in [-0.2, 0) is 0 Å². The summed E-state index contributed by atoms with van der Waals surface area (Å²) in [6.45, 7) is 1.66. The maximum Gasteiger partial charge on any atom is 0.573 e. The number of alkyl halides is 3. The van der Waals surface area contributed by atoms with Crippen molar-refractivity contribution >= 4 is 28.6 Å². The average molecular weight is 422 g/mol. The minimum absolute atomic E-state index is 0.164. The molecule has 4 N–H and O–H groups in total. The highest BCUT2D eigenvalue weighted by molar-refractivity contribution is 5.84. The molecular weight excluding hydrogens is 401 g/mol. The number of fused-ring (bicyclic) bond motifs is 1. The van der Waals surface area contributed by atoms with E-state index >= 15 is 0 Å². The number of imidazole rings is 1. The molecule has 1 aliphatic rings. The third-order valence-corrected chi connectivity index (χ3v) is 4.99. The molecule has 8 nitrogen and oxygen atoms in total. The standard InChI is InChI=1S/C19H21F3N6O2/c1-10-8-13(30-19(20,21)22)6-7-14(10)26-18-27-16-15(23-9-24-16)17(28-18)25-11-2-4-12(29)5-3-11/h6-9,11-12,29H,2-5H2,1H3,(H3,23,24,25,26,27,28)/t11-,12-. The van der Waals surface area contributed by atoms with Gasteiger partial charge in [-0.15, -0.1) is 13.2 Å². The Labute approximate surface area is 169 Å². The van der Waals surface area contributed by atoms with Crippen LogP contribution < -0.4 is 15.4 Å². The summed E-state index contributed by atoms with van der Waals surface area (Å²) in [5, 5.41) is 16.1. The molecule has 0 spiro atoms. The van der Waals surface area contributed by atoms with E-state index in [-0.39, 0.29) is 23.8 Å². The van der Waals surface area contributed by atoms with Gasteiger partial charge in [0, 0.05) is 11.7 Å². The maximum atomic E-state index is 12.4. The van der Waals surface area contributed by atoms with E-state index in [4.69, 9.17) is 0 Å². The Balaban J connectivity index is 1.56. The van der Waals surface area contributed by atoms with Gasteiger partial charge < -0.3 is 25.5 Å². The SMILES string of the molecule is Cc1cc(OC(F)(F)F)ccc1Nc1nc(N[C@H]2CC[C@H](O)CC2)c2nc[nH]c2n1. The molecule has 0 amide bonds. The van der Waals surface area contributed by atoms with Gasteiger partial charge >= 0.3 is 6.36 Å². The van der Waals surface area contributed by atoms with Crippen molar-refractivity contribution in [1.82, 2.24) is 19.9 Å². The Kier molecular flexibility index (Phi) is 5.37. The minimum Gasteiger partial charge on any atom is -0.406 e. The summed E-state index contributed by atoms with van der Waals surface area (Å²) in [5.74, 6) is 0.537. The van der Waals surface area contributed by atoms with Gasteiger partial charge in [-0.1, -0.05) is 0 Å². The first-order chi connectivity index (χ1) is 14.3. The molecule has 3 aromatic rings. The largest absolute Gasteiger partial charge is 0.573 e. The number of aliphatic hydroxyl groups excluding tert-OH is 1. The van der Waals surface area contributed by atoms with Crippen LogP contribution in [0.5, 0.6) is 5.75 Å². The molecule has 1 saturated carbocycles. The molecule has 11 heteroatoms. The monoisotopic (exact) mass is 422 g/mol. The summed E-state index contributed by atoms with van der Waals surface area (Å²) in [6, 6.07) is 4.16. The number of rotatable bonds is 5. The lowest BCUT2D eigenvalue weighted by Gasteiger charge is -2.26. The molecule has 0 aliphatic heterocycles. The summed E-state index contributed by atoms with van der Waals surface area (Å²) < 4.78 is 41.2. The number of H-pyrrole nitrogens is 1. The van der Waals surface area contributed by atoms with Gasteiger partial charge in [-0.2, -0.15) is 9.97 Å². The molecule has 0 atom stereocenters. The Morgan fingerprint density at radius 3 is 2.63 bits per heavy atom. The highest BCUT2D eigenvalue weighted by atomic mass is 19.4. The minimum atomic E-state index is -4.74. The third-order valence-electron chi connectivity index (χ3n) is 4.99. The number of nitrogens with zero attached hydrogens (tertiary/aromatic N) is 3. The number of aryl methyl sites for hydroxylation is 1. The Hall–Kier alpha value is -3.08.